The molecule has 2 aliphatic rings. The molecule has 7 heteroatoms. The van der Waals surface area contributed by atoms with Gasteiger partial charge in [-0.1, -0.05) is 0 Å². The van der Waals surface area contributed by atoms with E-state index in [9.17, 15) is 4.79 Å². The summed E-state index contributed by atoms with van der Waals surface area (Å²) in [6, 6.07) is 2.04. The molecule has 4 rings (SSSR count). The van der Waals surface area contributed by atoms with Gasteiger partial charge in [-0.3, -0.25) is 9.48 Å². The second kappa shape index (κ2) is 8.82. The number of nitrogens with zero attached hydrogens (tertiary/aromatic N) is 4. The van der Waals surface area contributed by atoms with Gasteiger partial charge in [-0.05, 0) is 63.6 Å². The molecular weight excluding hydrogens is 352 g/mol. The summed E-state index contributed by atoms with van der Waals surface area (Å²) in [7, 11) is 0. The summed E-state index contributed by atoms with van der Waals surface area (Å²) in [4.78, 5) is 21.6. The number of fused-ring (bicyclic) bond motifs is 1. The second-order valence-electron chi connectivity index (χ2n) is 7.94. The van der Waals surface area contributed by atoms with Crippen LogP contribution in [0.1, 0.15) is 60.1 Å². The van der Waals surface area contributed by atoms with Gasteiger partial charge in [0.15, 0.2) is 0 Å². The fraction of sp³-hybridized carbons (Fsp3) is 0.619. The van der Waals surface area contributed by atoms with Crippen LogP contribution in [0.5, 0.6) is 0 Å². The number of piperidine rings is 1. The van der Waals surface area contributed by atoms with E-state index in [0.717, 1.165) is 49.6 Å². The van der Waals surface area contributed by atoms with Crippen molar-refractivity contribution >= 4 is 5.91 Å². The van der Waals surface area contributed by atoms with Gasteiger partial charge in [0.2, 0.25) is 5.91 Å². The number of nitrogens with one attached hydrogen (secondary N) is 2. The zero-order chi connectivity index (χ0) is 19.3. The highest BCUT2D eigenvalue weighted by Gasteiger charge is 2.18. The molecule has 0 unspecified atom stereocenters. The average molecular weight is 383 g/mol. The van der Waals surface area contributed by atoms with Crippen molar-refractivity contribution in [3.05, 3.63) is 40.7 Å². The van der Waals surface area contributed by atoms with Crippen molar-refractivity contribution < 1.29 is 4.79 Å². The zero-order valence-electron chi connectivity index (χ0n) is 16.7. The summed E-state index contributed by atoms with van der Waals surface area (Å²) in [5, 5.41) is 11.0. The molecule has 1 saturated heterocycles. The molecule has 0 bridgehead atoms. The standard InChI is InChI=1S/C21H30N6O/c1-15-17-6-2-3-7-19(17)25-20(24-15)8-11-23-21(28)14-27-12-9-18(26-27)16-5-4-10-22-13-16/h9,12,16,22H,2-8,10-11,13-14H2,1H3,(H,23,28)/t16-/m1/s1. The Bertz CT molecular complexity index is 824. The highest BCUT2D eigenvalue weighted by molar-refractivity contribution is 5.75. The molecule has 3 heterocycles. The Labute approximate surface area is 166 Å². The van der Waals surface area contributed by atoms with Gasteiger partial charge in [-0.15, -0.1) is 0 Å². The highest BCUT2D eigenvalue weighted by Crippen LogP contribution is 2.22. The Morgan fingerprint density at radius 3 is 3.04 bits per heavy atom. The Kier molecular flexibility index (Phi) is 6.00. The minimum absolute atomic E-state index is 0.0221. The summed E-state index contributed by atoms with van der Waals surface area (Å²) in [6.45, 7) is 4.95. The van der Waals surface area contributed by atoms with Gasteiger partial charge in [-0.2, -0.15) is 5.10 Å². The first kappa shape index (κ1) is 19.1. The van der Waals surface area contributed by atoms with Gasteiger partial charge < -0.3 is 10.6 Å². The van der Waals surface area contributed by atoms with Crippen LogP contribution in [-0.4, -0.2) is 45.3 Å². The molecule has 1 amide bonds. The fourth-order valence-electron chi connectivity index (χ4n) is 4.26. The van der Waals surface area contributed by atoms with E-state index in [1.807, 2.05) is 12.3 Å². The molecule has 0 radical (unpaired) electrons. The van der Waals surface area contributed by atoms with Gasteiger partial charge in [-0.25, -0.2) is 9.97 Å². The summed E-state index contributed by atoms with van der Waals surface area (Å²) >= 11 is 0. The first-order valence-corrected chi connectivity index (χ1v) is 10.5. The lowest BCUT2D eigenvalue weighted by Crippen LogP contribution is -2.30. The van der Waals surface area contributed by atoms with Gasteiger partial charge in [0.1, 0.15) is 12.4 Å². The van der Waals surface area contributed by atoms with Crippen molar-refractivity contribution in [2.24, 2.45) is 0 Å². The van der Waals surface area contributed by atoms with Crippen LogP contribution in [0.25, 0.3) is 0 Å². The van der Waals surface area contributed by atoms with Crippen molar-refractivity contribution in [3.63, 3.8) is 0 Å². The number of aryl methyl sites for hydroxylation is 2. The molecule has 1 aliphatic carbocycles. The highest BCUT2D eigenvalue weighted by atomic mass is 16.2. The van der Waals surface area contributed by atoms with E-state index < -0.39 is 0 Å². The molecule has 1 atom stereocenters. The predicted octanol–water partition coefficient (Wildman–Crippen LogP) is 1.69. The normalized spacial score (nSPS) is 19.2. The van der Waals surface area contributed by atoms with Crippen molar-refractivity contribution in [1.82, 2.24) is 30.4 Å². The monoisotopic (exact) mass is 382 g/mol. The third-order valence-corrected chi connectivity index (χ3v) is 5.79. The molecule has 1 aliphatic heterocycles. The molecule has 28 heavy (non-hydrogen) atoms. The van der Waals surface area contributed by atoms with Crippen LogP contribution >= 0.6 is 0 Å². The minimum Gasteiger partial charge on any atom is -0.354 e. The zero-order valence-corrected chi connectivity index (χ0v) is 16.7. The van der Waals surface area contributed by atoms with Crippen molar-refractivity contribution in [3.8, 4) is 0 Å². The van der Waals surface area contributed by atoms with E-state index in [2.05, 4.69) is 27.6 Å². The molecule has 7 nitrogen and oxygen atoms in total. The van der Waals surface area contributed by atoms with Crippen LogP contribution < -0.4 is 10.6 Å². The van der Waals surface area contributed by atoms with Gasteiger partial charge >= 0.3 is 0 Å². The van der Waals surface area contributed by atoms with Gasteiger partial charge in [0.05, 0.1) is 5.69 Å². The lowest BCUT2D eigenvalue weighted by Gasteiger charge is -2.20. The van der Waals surface area contributed by atoms with Crippen LogP contribution in [-0.2, 0) is 30.6 Å². The maximum absolute atomic E-state index is 12.3. The average Bonchev–Trinajstić information content (AvgIpc) is 3.17. The first-order valence-electron chi connectivity index (χ1n) is 10.5. The van der Waals surface area contributed by atoms with Crippen molar-refractivity contribution in [2.75, 3.05) is 19.6 Å². The minimum atomic E-state index is -0.0221. The topological polar surface area (TPSA) is 84.7 Å². The second-order valence-corrected chi connectivity index (χ2v) is 7.94. The number of hydrogen-bond acceptors (Lipinski definition) is 5. The van der Waals surface area contributed by atoms with Crippen LogP contribution in [0.3, 0.4) is 0 Å². The molecule has 0 saturated carbocycles. The predicted molar refractivity (Wildman–Crippen MR) is 107 cm³/mol. The van der Waals surface area contributed by atoms with E-state index in [1.165, 1.54) is 30.5 Å². The van der Waals surface area contributed by atoms with E-state index in [-0.39, 0.29) is 12.5 Å². The van der Waals surface area contributed by atoms with E-state index >= 15 is 0 Å². The molecule has 0 spiro atoms. The largest absolute Gasteiger partial charge is 0.354 e. The Balaban J connectivity index is 1.26. The SMILES string of the molecule is Cc1nc(CCNC(=O)Cn2ccc([C@@H]3CCCNC3)n2)nc2c1CCCC2. The number of carbonyl (C=O) groups is 1. The molecule has 2 aromatic rings. The third kappa shape index (κ3) is 4.58. The van der Waals surface area contributed by atoms with Crippen LogP contribution in [0.15, 0.2) is 12.3 Å². The van der Waals surface area contributed by atoms with Crippen molar-refractivity contribution in [1.29, 1.82) is 0 Å². The van der Waals surface area contributed by atoms with Crippen LogP contribution in [0.2, 0.25) is 0 Å². The summed E-state index contributed by atoms with van der Waals surface area (Å²) < 4.78 is 1.73. The Morgan fingerprint density at radius 2 is 2.18 bits per heavy atom. The summed E-state index contributed by atoms with van der Waals surface area (Å²) in [5.41, 5.74) is 4.73. The third-order valence-electron chi connectivity index (χ3n) is 5.79. The smallest absolute Gasteiger partial charge is 0.241 e. The number of amides is 1. The lowest BCUT2D eigenvalue weighted by molar-refractivity contribution is -0.121. The summed E-state index contributed by atoms with van der Waals surface area (Å²) in [6.07, 6.45) is 9.51. The molecule has 2 aromatic heterocycles. The molecule has 0 aromatic carbocycles. The number of aromatic nitrogens is 4. The number of rotatable bonds is 6. The first-order chi connectivity index (χ1) is 13.7. The van der Waals surface area contributed by atoms with Crippen LogP contribution in [0.4, 0.5) is 0 Å². The Morgan fingerprint density at radius 1 is 1.29 bits per heavy atom. The van der Waals surface area contributed by atoms with E-state index in [1.54, 1.807) is 4.68 Å². The van der Waals surface area contributed by atoms with Gasteiger partial charge in [0.25, 0.3) is 0 Å². The number of hydrogen-bond donors (Lipinski definition) is 2. The molecular formula is C21H30N6O. The quantitative estimate of drug-likeness (QED) is 0.794. The molecule has 2 N–H and O–H groups in total. The lowest BCUT2D eigenvalue weighted by atomic mass is 9.95. The van der Waals surface area contributed by atoms with E-state index in [0.29, 0.717) is 18.9 Å². The molecule has 1 fully saturated rings. The van der Waals surface area contributed by atoms with Crippen LogP contribution in [0, 0.1) is 6.92 Å². The molecule has 150 valence electrons. The maximum Gasteiger partial charge on any atom is 0.241 e. The Hall–Kier alpha value is -2.28. The summed E-state index contributed by atoms with van der Waals surface area (Å²) in [5.74, 6) is 1.28. The number of carbonyl (C=O) groups excluding carboxylic acids is 1. The van der Waals surface area contributed by atoms with E-state index in [4.69, 9.17) is 4.98 Å². The maximum atomic E-state index is 12.3. The fourth-order valence-corrected chi connectivity index (χ4v) is 4.26. The van der Waals surface area contributed by atoms with Gasteiger partial charge in [0, 0.05) is 43.0 Å². The van der Waals surface area contributed by atoms with Crippen molar-refractivity contribution in [2.45, 2.75) is 64.3 Å².